The zero-order valence-corrected chi connectivity index (χ0v) is 13.6. The minimum absolute atomic E-state index is 0.0185. The number of alkyl halides is 3. The molecular weight excluding hydrogens is 367 g/mol. The summed E-state index contributed by atoms with van der Waals surface area (Å²) in [5.41, 5.74) is 4.08. The normalized spacial score (nSPS) is 12.0. The molecule has 0 atom stereocenters. The van der Waals surface area contributed by atoms with Crippen LogP contribution in [0, 0.1) is 0 Å². The van der Waals surface area contributed by atoms with Crippen LogP contribution in [0.15, 0.2) is 24.8 Å². The number of nitrogens with zero attached hydrogens (tertiary/aromatic N) is 7. The van der Waals surface area contributed by atoms with Gasteiger partial charge in [0.2, 0.25) is 0 Å². The van der Waals surface area contributed by atoms with Gasteiger partial charge in [-0.25, -0.2) is 14.6 Å². The van der Waals surface area contributed by atoms with Crippen molar-refractivity contribution in [1.82, 2.24) is 39.5 Å². The molecule has 3 N–H and O–H groups in total. The van der Waals surface area contributed by atoms with Crippen LogP contribution in [-0.2, 0) is 13.2 Å². The summed E-state index contributed by atoms with van der Waals surface area (Å²) in [5, 5.41) is 10.6. The largest absolute Gasteiger partial charge is 0.435 e. The van der Waals surface area contributed by atoms with Crippen LogP contribution in [-0.4, -0.2) is 45.4 Å². The lowest BCUT2D eigenvalue weighted by Gasteiger charge is -2.07. The molecule has 4 aromatic heterocycles. The first kappa shape index (κ1) is 16.7. The molecule has 0 aliphatic carbocycles. The first-order valence-electron chi connectivity index (χ1n) is 7.41. The number of primary amides is 1. The van der Waals surface area contributed by atoms with Crippen LogP contribution >= 0.6 is 0 Å². The van der Waals surface area contributed by atoms with Crippen LogP contribution in [0.3, 0.4) is 0 Å². The monoisotopic (exact) mass is 377 g/mol. The van der Waals surface area contributed by atoms with Crippen molar-refractivity contribution in [2.45, 2.75) is 6.18 Å². The Kier molecular flexibility index (Phi) is 3.47. The Hall–Kier alpha value is -3.77. The van der Waals surface area contributed by atoms with Crippen molar-refractivity contribution in [2.75, 3.05) is 0 Å². The number of carbonyl (C=O) groups is 1. The van der Waals surface area contributed by atoms with Crippen molar-refractivity contribution in [3.63, 3.8) is 0 Å². The highest BCUT2D eigenvalue weighted by atomic mass is 19.4. The third kappa shape index (κ3) is 2.68. The molecule has 0 saturated carbocycles. The van der Waals surface area contributed by atoms with Crippen molar-refractivity contribution in [3.8, 4) is 17.2 Å². The van der Waals surface area contributed by atoms with Gasteiger partial charge in [0.1, 0.15) is 0 Å². The number of imidazole rings is 1. The molecule has 4 heterocycles. The Bertz CT molecular complexity index is 1170. The van der Waals surface area contributed by atoms with E-state index in [0.29, 0.717) is 11.0 Å². The number of nitrogens with two attached hydrogens (primary N) is 1. The van der Waals surface area contributed by atoms with Gasteiger partial charge in [0.15, 0.2) is 17.2 Å². The van der Waals surface area contributed by atoms with Gasteiger partial charge in [-0.3, -0.25) is 9.89 Å². The number of aromatic nitrogens is 8. The SMILES string of the molecule is Cn1c(-c2cn(-c3ncc4cn[nH]c4n3)nc2C(F)(F)F)cnc1C(N)=O. The summed E-state index contributed by atoms with van der Waals surface area (Å²) in [6, 6.07) is 0. The van der Waals surface area contributed by atoms with E-state index in [1.54, 1.807) is 0 Å². The number of amides is 1. The van der Waals surface area contributed by atoms with Crippen molar-refractivity contribution in [2.24, 2.45) is 12.8 Å². The summed E-state index contributed by atoms with van der Waals surface area (Å²) in [7, 11) is 1.38. The lowest BCUT2D eigenvalue weighted by Crippen LogP contribution is -2.17. The number of hydrogen-bond donors (Lipinski definition) is 2. The van der Waals surface area contributed by atoms with E-state index in [0.717, 1.165) is 21.6 Å². The summed E-state index contributed by atoms with van der Waals surface area (Å²) in [4.78, 5) is 23.2. The lowest BCUT2D eigenvalue weighted by atomic mass is 10.2. The molecule has 0 aliphatic heterocycles. The fourth-order valence-corrected chi connectivity index (χ4v) is 2.60. The van der Waals surface area contributed by atoms with E-state index in [9.17, 15) is 18.0 Å². The lowest BCUT2D eigenvalue weighted by molar-refractivity contribution is -0.140. The third-order valence-electron chi connectivity index (χ3n) is 3.85. The van der Waals surface area contributed by atoms with Gasteiger partial charge in [-0.1, -0.05) is 0 Å². The minimum atomic E-state index is -4.75. The van der Waals surface area contributed by atoms with Crippen molar-refractivity contribution < 1.29 is 18.0 Å². The Labute approximate surface area is 147 Å². The van der Waals surface area contributed by atoms with Crippen molar-refractivity contribution >= 4 is 16.9 Å². The van der Waals surface area contributed by atoms with Gasteiger partial charge in [-0.15, -0.1) is 0 Å². The molecule has 0 bridgehead atoms. The average molecular weight is 377 g/mol. The maximum absolute atomic E-state index is 13.5. The Balaban J connectivity index is 1.90. The fourth-order valence-electron chi connectivity index (χ4n) is 2.60. The Morgan fingerprint density at radius 3 is 2.67 bits per heavy atom. The van der Waals surface area contributed by atoms with Gasteiger partial charge >= 0.3 is 6.18 Å². The maximum atomic E-state index is 13.5. The van der Waals surface area contributed by atoms with Crippen LogP contribution in [0.2, 0.25) is 0 Å². The topological polar surface area (TPSA) is 133 Å². The standard InChI is InChI=1S/C14H10F3N9O/c1-25-8(4-19-12(25)10(18)27)7-5-26(24-9(7)14(15,16)17)13-20-2-6-3-21-23-11(6)22-13/h2-5H,1H3,(H2,18,27)(H,20,21,22,23). The number of nitrogens with one attached hydrogen (secondary N) is 1. The third-order valence-corrected chi connectivity index (χ3v) is 3.85. The number of carbonyl (C=O) groups excluding carboxylic acids is 1. The fraction of sp³-hybridized carbons (Fsp3) is 0.143. The molecule has 0 spiro atoms. The molecule has 138 valence electrons. The van der Waals surface area contributed by atoms with Crippen LogP contribution in [0.25, 0.3) is 28.2 Å². The van der Waals surface area contributed by atoms with Crippen molar-refractivity contribution in [3.05, 3.63) is 36.3 Å². The maximum Gasteiger partial charge on any atom is 0.435 e. The van der Waals surface area contributed by atoms with Gasteiger partial charge in [0.25, 0.3) is 11.9 Å². The Morgan fingerprint density at radius 2 is 2.00 bits per heavy atom. The number of hydrogen-bond acceptors (Lipinski definition) is 6. The quantitative estimate of drug-likeness (QED) is 0.548. The second kappa shape index (κ2) is 5.62. The highest BCUT2D eigenvalue weighted by Gasteiger charge is 2.39. The first-order chi connectivity index (χ1) is 12.8. The molecule has 0 radical (unpaired) electrons. The summed E-state index contributed by atoms with van der Waals surface area (Å²) in [5.74, 6) is -1.13. The van der Waals surface area contributed by atoms with Gasteiger partial charge < -0.3 is 10.3 Å². The molecule has 4 aromatic rings. The van der Waals surface area contributed by atoms with E-state index in [4.69, 9.17) is 5.73 Å². The number of H-pyrrole nitrogens is 1. The molecule has 0 saturated heterocycles. The molecule has 0 unspecified atom stereocenters. The van der Waals surface area contributed by atoms with Gasteiger partial charge in [-0.05, 0) is 0 Å². The summed E-state index contributed by atoms with van der Waals surface area (Å²) < 4.78 is 42.6. The molecule has 0 aromatic carbocycles. The zero-order chi connectivity index (χ0) is 19.3. The van der Waals surface area contributed by atoms with E-state index in [1.807, 2.05) is 0 Å². The van der Waals surface area contributed by atoms with Gasteiger partial charge in [0, 0.05) is 19.4 Å². The van der Waals surface area contributed by atoms with Crippen LogP contribution in [0.4, 0.5) is 13.2 Å². The summed E-state index contributed by atoms with van der Waals surface area (Å²) in [6.45, 7) is 0. The van der Waals surface area contributed by atoms with E-state index in [2.05, 4.69) is 30.2 Å². The summed E-state index contributed by atoms with van der Waals surface area (Å²) >= 11 is 0. The molecule has 27 heavy (non-hydrogen) atoms. The second-order valence-electron chi connectivity index (χ2n) is 5.57. The summed E-state index contributed by atoms with van der Waals surface area (Å²) in [6.07, 6.45) is 0.369. The van der Waals surface area contributed by atoms with Gasteiger partial charge in [0.05, 0.1) is 29.0 Å². The average Bonchev–Trinajstić information content (AvgIpc) is 3.30. The van der Waals surface area contributed by atoms with E-state index >= 15 is 0 Å². The van der Waals surface area contributed by atoms with Crippen LogP contribution < -0.4 is 5.73 Å². The van der Waals surface area contributed by atoms with E-state index < -0.39 is 17.8 Å². The number of rotatable bonds is 3. The smallest absolute Gasteiger partial charge is 0.363 e. The number of fused-ring (bicyclic) bond motifs is 1. The van der Waals surface area contributed by atoms with E-state index in [-0.39, 0.29) is 23.0 Å². The highest BCUT2D eigenvalue weighted by molar-refractivity contribution is 5.90. The first-order valence-corrected chi connectivity index (χ1v) is 7.41. The molecular formula is C14H10F3N9O. The van der Waals surface area contributed by atoms with E-state index in [1.165, 1.54) is 19.4 Å². The van der Waals surface area contributed by atoms with Crippen molar-refractivity contribution in [1.29, 1.82) is 0 Å². The predicted octanol–water partition coefficient (Wildman–Crippen LogP) is 1.06. The zero-order valence-electron chi connectivity index (χ0n) is 13.6. The molecule has 4 rings (SSSR count). The number of halogens is 3. The molecule has 13 heteroatoms. The van der Waals surface area contributed by atoms with Crippen LogP contribution in [0.5, 0.6) is 0 Å². The molecule has 0 aliphatic rings. The van der Waals surface area contributed by atoms with Gasteiger partial charge in [-0.2, -0.15) is 28.4 Å². The minimum Gasteiger partial charge on any atom is -0.363 e. The second-order valence-corrected chi connectivity index (χ2v) is 5.57. The number of aromatic amines is 1. The molecule has 1 amide bonds. The van der Waals surface area contributed by atoms with Crippen LogP contribution in [0.1, 0.15) is 16.3 Å². The molecule has 0 fully saturated rings. The predicted molar refractivity (Wildman–Crippen MR) is 84.5 cm³/mol. The molecule has 10 nitrogen and oxygen atoms in total. The highest BCUT2D eigenvalue weighted by Crippen LogP contribution is 2.36. The Morgan fingerprint density at radius 1 is 1.22 bits per heavy atom.